The molecule has 210 valence electrons. The molecule has 5 rings (SSSR count). The number of carbonyl (C=O) groups excluding carboxylic acids is 5. The minimum absolute atomic E-state index is 0.114. The van der Waals surface area contributed by atoms with Gasteiger partial charge in [-0.05, 0) is 45.5 Å². The highest BCUT2D eigenvalue weighted by Crippen LogP contribution is 2.69. The number of esters is 3. The third kappa shape index (κ3) is 2.90. The molecule has 0 radical (unpaired) electrons. The zero-order valence-corrected chi connectivity index (χ0v) is 23.0. The second-order valence-corrected chi connectivity index (χ2v) is 9.85. The van der Waals surface area contributed by atoms with Crippen molar-refractivity contribution in [2.75, 3.05) is 44.1 Å². The van der Waals surface area contributed by atoms with E-state index in [1.807, 2.05) is 0 Å². The molecule has 2 aromatic rings. The molecule has 11 nitrogen and oxygen atoms in total. The molecular formula is C29H31N3O8. The second kappa shape index (κ2) is 9.44. The number of benzene rings is 2. The van der Waals surface area contributed by atoms with Crippen LogP contribution in [0.3, 0.4) is 0 Å². The van der Waals surface area contributed by atoms with Crippen LogP contribution in [0.1, 0.15) is 31.9 Å². The molecule has 0 saturated carbocycles. The average Bonchev–Trinajstić information content (AvgIpc) is 3.45. The van der Waals surface area contributed by atoms with E-state index in [1.54, 1.807) is 76.3 Å². The summed E-state index contributed by atoms with van der Waals surface area (Å²) in [6.07, 6.45) is 0. The Morgan fingerprint density at radius 1 is 0.825 bits per heavy atom. The summed E-state index contributed by atoms with van der Waals surface area (Å²) in [5.74, 6) is -6.46. The molecule has 3 heterocycles. The first kappa shape index (κ1) is 27.3. The number of likely N-dealkylation sites (tertiary alicyclic amines) is 1. The molecule has 2 amide bonds. The molecule has 2 spiro atoms. The predicted octanol–water partition coefficient (Wildman–Crippen LogP) is 1.74. The fourth-order valence-electron chi connectivity index (χ4n) is 7.06. The van der Waals surface area contributed by atoms with E-state index in [9.17, 15) is 24.0 Å². The number of nitrogens with one attached hydrogen (secondary N) is 1. The van der Waals surface area contributed by atoms with Crippen LogP contribution in [0.15, 0.2) is 48.5 Å². The van der Waals surface area contributed by atoms with Crippen molar-refractivity contribution >= 4 is 41.1 Å². The monoisotopic (exact) mass is 549 g/mol. The van der Waals surface area contributed by atoms with Gasteiger partial charge in [-0.15, -0.1) is 0 Å². The van der Waals surface area contributed by atoms with Crippen LogP contribution in [0.25, 0.3) is 0 Å². The SMILES string of the molecule is CCOC(=O)C1C(C(=O)OCC)(C(=O)OCC)N(C)C2(C(=O)N(C)c3ccccc32)C12C(=O)Nc1ccccc12. The molecule has 2 aromatic carbocycles. The Balaban J connectivity index is 2.04. The Labute approximate surface area is 231 Å². The molecule has 1 saturated heterocycles. The standard InChI is InChI=1S/C29H31N3O8/c1-6-38-22(33)21-27(17-13-9-11-15-19(17)30-23(27)34)29(18-14-10-12-16-20(18)31(4)24(29)35)32(5)28(21,25(36)39-7-2)26(37)40-8-3/h9-16,21H,6-8H2,1-5H3,(H,30,34). The van der Waals surface area contributed by atoms with Gasteiger partial charge in [-0.1, -0.05) is 36.4 Å². The molecule has 1 N–H and O–H groups in total. The molecule has 0 aliphatic carbocycles. The van der Waals surface area contributed by atoms with Crippen LogP contribution >= 0.6 is 0 Å². The van der Waals surface area contributed by atoms with Crippen LogP contribution in [-0.2, 0) is 49.1 Å². The van der Waals surface area contributed by atoms with E-state index >= 15 is 0 Å². The summed E-state index contributed by atoms with van der Waals surface area (Å²) >= 11 is 0. The van der Waals surface area contributed by atoms with Crippen LogP contribution < -0.4 is 10.2 Å². The van der Waals surface area contributed by atoms with E-state index in [2.05, 4.69) is 5.32 Å². The van der Waals surface area contributed by atoms with Crippen LogP contribution in [0.5, 0.6) is 0 Å². The number of amides is 2. The molecule has 11 heteroatoms. The highest BCUT2D eigenvalue weighted by Gasteiger charge is 2.89. The van der Waals surface area contributed by atoms with Crippen molar-refractivity contribution in [1.29, 1.82) is 0 Å². The van der Waals surface area contributed by atoms with Crippen molar-refractivity contribution in [2.45, 2.75) is 37.3 Å². The van der Waals surface area contributed by atoms with E-state index in [4.69, 9.17) is 14.2 Å². The first-order valence-electron chi connectivity index (χ1n) is 13.2. The van der Waals surface area contributed by atoms with E-state index in [-0.39, 0.29) is 25.4 Å². The highest BCUT2D eigenvalue weighted by molar-refractivity contribution is 6.24. The minimum atomic E-state index is -2.57. The summed E-state index contributed by atoms with van der Waals surface area (Å²) in [6, 6.07) is 13.4. The van der Waals surface area contributed by atoms with Gasteiger partial charge >= 0.3 is 17.9 Å². The first-order chi connectivity index (χ1) is 19.1. The third-order valence-corrected chi connectivity index (χ3v) is 8.38. The summed E-state index contributed by atoms with van der Waals surface area (Å²) < 4.78 is 16.4. The zero-order chi connectivity index (χ0) is 29.0. The Morgan fingerprint density at radius 3 is 1.98 bits per heavy atom. The Morgan fingerprint density at radius 2 is 1.38 bits per heavy atom. The lowest BCUT2D eigenvalue weighted by atomic mass is 9.57. The first-order valence-corrected chi connectivity index (χ1v) is 13.2. The lowest BCUT2D eigenvalue weighted by Crippen LogP contribution is -2.65. The van der Waals surface area contributed by atoms with Gasteiger partial charge < -0.3 is 24.4 Å². The van der Waals surface area contributed by atoms with Crippen LogP contribution in [0.2, 0.25) is 0 Å². The summed E-state index contributed by atoms with van der Waals surface area (Å²) in [5.41, 5.74) is -5.32. The fraction of sp³-hybridized carbons (Fsp3) is 0.414. The molecule has 40 heavy (non-hydrogen) atoms. The maximum atomic E-state index is 14.7. The Hall–Kier alpha value is -4.25. The predicted molar refractivity (Wildman–Crippen MR) is 142 cm³/mol. The number of likely N-dealkylation sites (N-methyl/N-ethyl adjacent to an activating group) is 2. The van der Waals surface area contributed by atoms with Crippen LogP contribution in [0.4, 0.5) is 11.4 Å². The van der Waals surface area contributed by atoms with Crippen molar-refractivity contribution < 1.29 is 38.2 Å². The number of nitrogens with zero attached hydrogens (tertiary/aromatic N) is 2. The van der Waals surface area contributed by atoms with Crippen molar-refractivity contribution in [3.63, 3.8) is 0 Å². The van der Waals surface area contributed by atoms with Gasteiger partial charge in [-0.25, -0.2) is 9.59 Å². The Bertz CT molecular complexity index is 1420. The van der Waals surface area contributed by atoms with Crippen LogP contribution in [-0.4, -0.2) is 74.1 Å². The van der Waals surface area contributed by atoms with E-state index < -0.39 is 52.1 Å². The molecule has 3 aliphatic rings. The van der Waals surface area contributed by atoms with Crippen molar-refractivity contribution in [1.82, 2.24) is 4.90 Å². The van der Waals surface area contributed by atoms with Crippen molar-refractivity contribution in [3.8, 4) is 0 Å². The van der Waals surface area contributed by atoms with Gasteiger partial charge in [-0.2, -0.15) is 0 Å². The largest absolute Gasteiger partial charge is 0.466 e. The molecule has 0 aromatic heterocycles. The van der Waals surface area contributed by atoms with Gasteiger partial charge in [0.2, 0.25) is 11.4 Å². The number of para-hydroxylation sites is 2. The van der Waals surface area contributed by atoms with Gasteiger partial charge in [0.25, 0.3) is 5.91 Å². The summed E-state index contributed by atoms with van der Waals surface area (Å²) in [5, 5.41) is 2.83. The van der Waals surface area contributed by atoms with Gasteiger partial charge in [0.15, 0.2) is 0 Å². The normalized spacial score (nSPS) is 26.0. The molecule has 1 fully saturated rings. The summed E-state index contributed by atoms with van der Waals surface area (Å²) in [7, 11) is 2.93. The number of anilines is 2. The highest BCUT2D eigenvalue weighted by atomic mass is 16.6. The van der Waals surface area contributed by atoms with Crippen molar-refractivity contribution in [2.24, 2.45) is 5.92 Å². The maximum absolute atomic E-state index is 14.7. The minimum Gasteiger partial charge on any atom is -0.466 e. The zero-order valence-electron chi connectivity index (χ0n) is 23.0. The fourth-order valence-corrected chi connectivity index (χ4v) is 7.06. The van der Waals surface area contributed by atoms with Gasteiger partial charge in [0, 0.05) is 24.0 Å². The quantitative estimate of drug-likeness (QED) is 0.325. The summed E-state index contributed by atoms with van der Waals surface area (Å²) in [6.45, 7) is 4.28. The second-order valence-electron chi connectivity index (χ2n) is 9.85. The van der Waals surface area contributed by atoms with E-state index in [0.717, 1.165) is 0 Å². The number of ether oxygens (including phenoxy) is 3. The topological polar surface area (TPSA) is 132 Å². The molecule has 3 atom stereocenters. The lowest BCUT2D eigenvalue weighted by Gasteiger charge is -2.43. The average molecular weight is 550 g/mol. The number of carbonyl (C=O) groups is 5. The third-order valence-electron chi connectivity index (χ3n) is 8.38. The molecular weight excluding hydrogens is 518 g/mol. The number of rotatable bonds is 6. The number of hydrogen-bond donors (Lipinski definition) is 1. The smallest absolute Gasteiger partial charge is 0.339 e. The molecule has 0 bridgehead atoms. The number of fused-ring (bicyclic) bond motifs is 5. The molecule has 3 unspecified atom stereocenters. The Kier molecular flexibility index (Phi) is 6.45. The lowest BCUT2D eigenvalue weighted by molar-refractivity contribution is -0.183. The van der Waals surface area contributed by atoms with Gasteiger partial charge in [0.05, 0.1) is 19.8 Å². The van der Waals surface area contributed by atoms with E-state index in [0.29, 0.717) is 16.9 Å². The van der Waals surface area contributed by atoms with Gasteiger partial charge in [0.1, 0.15) is 16.9 Å². The van der Waals surface area contributed by atoms with Gasteiger partial charge in [-0.3, -0.25) is 19.3 Å². The maximum Gasteiger partial charge on any atom is 0.339 e. The van der Waals surface area contributed by atoms with E-state index in [1.165, 1.54) is 16.8 Å². The van der Waals surface area contributed by atoms with Crippen molar-refractivity contribution in [3.05, 3.63) is 59.7 Å². The summed E-state index contributed by atoms with van der Waals surface area (Å²) in [4.78, 5) is 74.5. The van der Waals surface area contributed by atoms with Crippen LogP contribution in [0, 0.1) is 5.92 Å². The number of hydrogen-bond acceptors (Lipinski definition) is 9. The molecule has 3 aliphatic heterocycles.